The average molecular weight is 244 g/mol. The third-order valence-electron chi connectivity index (χ3n) is 1.67. The molecule has 3 nitrogen and oxygen atoms in total. The van der Waals surface area contributed by atoms with Gasteiger partial charge in [0.2, 0.25) is 0 Å². The van der Waals surface area contributed by atoms with E-state index in [-0.39, 0.29) is 5.57 Å². The van der Waals surface area contributed by atoms with Crippen LogP contribution in [0.15, 0.2) is 12.2 Å². The highest BCUT2D eigenvalue weighted by molar-refractivity contribution is 5.86. The normalized spacial score (nSPS) is 15.4. The van der Waals surface area contributed by atoms with Gasteiger partial charge in [-0.25, -0.2) is 9.18 Å². The van der Waals surface area contributed by atoms with Gasteiger partial charge in [-0.2, -0.15) is 13.2 Å². The zero-order valence-electron chi connectivity index (χ0n) is 8.60. The lowest BCUT2D eigenvalue weighted by molar-refractivity contribution is -0.317. The first-order chi connectivity index (χ1) is 7.08. The zero-order chi connectivity index (χ0) is 13.0. The number of carbonyl (C=O) groups excluding carboxylic acids is 1. The van der Waals surface area contributed by atoms with Gasteiger partial charge in [-0.15, -0.1) is 0 Å². The fourth-order valence-electron chi connectivity index (χ4n) is 0.736. The molecule has 0 aromatic heterocycles. The van der Waals surface area contributed by atoms with E-state index in [4.69, 9.17) is 5.11 Å². The summed E-state index contributed by atoms with van der Waals surface area (Å²) in [5.74, 6) is -5.02. The molecule has 0 aliphatic rings. The molecule has 1 unspecified atom stereocenters. The van der Waals surface area contributed by atoms with E-state index in [1.54, 1.807) is 0 Å². The van der Waals surface area contributed by atoms with Crippen LogP contribution in [-0.2, 0) is 9.53 Å². The highest BCUT2D eigenvalue weighted by atomic mass is 19.4. The summed E-state index contributed by atoms with van der Waals surface area (Å²) in [6, 6.07) is 0. The second-order valence-corrected chi connectivity index (χ2v) is 3.28. The first-order valence-corrected chi connectivity index (χ1v) is 4.38. The quantitative estimate of drug-likeness (QED) is 0.348. The maximum absolute atomic E-state index is 12.6. The topological polar surface area (TPSA) is 46.5 Å². The third-order valence-corrected chi connectivity index (χ3v) is 1.67. The summed E-state index contributed by atoms with van der Waals surface area (Å²) in [6.07, 6.45) is -6.96. The molecule has 0 aromatic rings. The number of alkyl halides is 4. The molecule has 0 aliphatic carbocycles. The van der Waals surface area contributed by atoms with Crippen molar-refractivity contribution in [2.24, 2.45) is 0 Å². The van der Waals surface area contributed by atoms with Crippen molar-refractivity contribution < 1.29 is 32.2 Å². The van der Waals surface area contributed by atoms with E-state index in [9.17, 15) is 22.4 Å². The minimum Gasteiger partial charge on any atom is -0.462 e. The van der Waals surface area contributed by atoms with Gasteiger partial charge >= 0.3 is 18.0 Å². The Morgan fingerprint density at radius 3 is 2.25 bits per heavy atom. The molecule has 0 aromatic carbocycles. The highest BCUT2D eigenvalue weighted by Gasteiger charge is 2.54. The molecular weight excluding hydrogens is 232 g/mol. The van der Waals surface area contributed by atoms with Crippen LogP contribution >= 0.6 is 0 Å². The SMILES string of the molecule is C=C(C)C(=O)OCCCC(O)(F)C(F)(F)F. The number of ether oxygens (including phenoxy) is 1. The van der Waals surface area contributed by atoms with E-state index in [1.807, 2.05) is 0 Å². The van der Waals surface area contributed by atoms with E-state index in [0.29, 0.717) is 0 Å². The van der Waals surface area contributed by atoms with Crippen LogP contribution in [0.1, 0.15) is 19.8 Å². The molecule has 0 aliphatic heterocycles. The second kappa shape index (κ2) is 5.29. The highest BCUT2D eigenvalue weighted by Crippen LogP contribution is 2.34. The Balaban J connectivity index is 3.92. The smallest absolute Gasteiger partial charge is 0.448 e. The lowest BCUT2D eigenvalue weighted by Crippen LogP contribution is -2.40. The summed E-state index contributed by atoms with van der Waals surface area (Å²) < 4.78 is 52.4. The fraction of sp³-hybridized carbons (Fsp3) is 0.667. The molecule has 16 heavy (non-hydrogen) atoms. The average Bonchev–Trinajstić information content (AvgIpc) is 2.09. The van der Waals surface area contributed by atoms with Crippen LogP contribution in [-0.4, -0.2) is 29.7 Å². The Morgan fingerprint density at radius 1 is 1.38 bits per heavy atom. The number of hydrogen-bond acceptors (Lipinski definition) is 3. The van der Waals surface area contributed by atoms with Crippen molar-refractivity contribution in [2.75, 3.05) is 6.61 Å². The molecule has 0 saturated carbocycles. The Morgan fingerprint density at radius 2 is 1.88 bits per heavy atom. The summed E-state index contributed by atoms with van der Waals surface area (Å²) >= 11 is 0. The van der Waals surface area contributed by atoms with Crippen molar-refractivity contribution in [1.29, 1.82) is 0 Å². The number of hydrogen-bond donors (Lipinski definition) is 1. The van der Waals surface area contributed by atoms with Crippen LogP contribution in [0.2, 0.25) is 0 Å². The second-order valence-electron chi connectivity index (χ2n) is 3.28. The van der Waals surface area contributed by atoms with Gasteiger partial charge in [0.25, 0.3) is 0 Å². The maximum atomic E-state index is 12.6. The van der Waals surface area contributed by atoms with Crippen molar-refractivity contribution in [2.45, 2.75) is 31.8 Å². The molecule has 1 atom stereocenters. The van der Waals surface area contributed by atoms with Gasteiger partial charge in [-0.1, -0.05) is 6.58 Å². The van der Waals surface area contributed by atoms with Crippen LogP contribution < -0.4 is 0 Å². The summed E-state index contributed by atoms with van der Waals surface area (Å²) in [6.45, 7) is 4.20. The number of halogens is 4. The van der Waals surface area contributed by atoms with Crippen LogP contribution in [0.4, 0.5) is 17.6 Å². The summed E-state index contributed by atoms with van der Waals surface area (Å²) in [4.78, 5) is 10.8. The van der Waals surface area contributed by atoms with Crippen LogP contribution in [0.25, 0.3) is 0 Å². The van der Waals surface area contributed by atoms with Crippen molar-refractivity contribution in [3.8, 4) is 0 Å². The fourth-order valence-corrected chi connectivity index (χ4v) is 0.736. The third kappa shape index (κ3) is 4.61. The molecule has 0 rings (SSSR count). The van der Waals surface area contributed by atoms with E-state index in [1.165, 1.54) is 6.92 Å². The summed E-state index contributed by atoms with van der Waals surface area (Å²) in [5, 5.41) is 8.38. The molecular formula is C9H12F4O3. The molecule has 1 N–H and O–H groups in total. The van der Waals surface area contributed by atoms with Crippen molar-refractivity contribution in [1.82, 2.24) is 0 Å². The van der Waals surface area contributed by atoms with Crippen LogP contribution in [0.5, 0.6) is 0 Å². The number of carbonyl (C=O) groups is 1. The predicted molar refractivity (Wildman–Crippen MR) is 47.1 cm³/mol. The molecule has 0 fully saturated rings. The van der Waals surface area contributed by atoms with Crippen molar-refractivity contribution in [3.63, 3.8) is 0 Å². The van der Waals surface area contributed by atoms with Gasteiger partial charge in [0.1, 0.15) is 0 Å². The molecule has 7 heteroatoms. The van der Waals surface area contributed by atoms with Gasteiger partial charge in [-0.3, -0.25) is 0 Å². The van der Waals surface area contributed by atoms with Crippen molar-refractivity contribution >= 4 is 5.97 Å². The van der Waals surface area contributed by atoms with Gasteiger partial charge in [0, 0.05) is 12.0 Å². The van der Waals surface area contributed by atoms with Gasteiger partial charge in [0.05, 0.1) is 6.61 Å². The molecule has 0 saturated heterocycles. The largest absolute Gasteiger partial charge is 0.462 e. The van der Waals surface area contributed by atoms with Gasteiger partial charge in [-0.05, 0) is 13.3 Å². The minimum atomic E-state index is -5.34. The summed E-state index contributed by atoms with van der Waals surface area (Å²) in [5.41, 5.74) is 0.0892. The lowest BCUT2D eigenvalue weighted by atomic mass is 10.1. The van der Waals surface area contributed by atoms with Gasteiger partial charge in [0.15, 0.2) is 0 Å². The van der Waals surface area contributed by atoms with Gasteiger partial charge < -0.3 is 9.84 Å². The Bertz CT molecular complexity index is 270. The Labute approximate surface area is 89.7 Å². The molecule has 0 bridgehead atoms. The number of rotatable bonds is 5. The number of aliphatic hydroxyl groups is 1. The van der Waals surface area contributed by atoms with E-state index in [0.717, 1.165) is 0 Å². The Kier molecular flexibility index (Phi) is 4.92. The molecule has 0 radical (unpaired) electrons. The lowest BCUT2D eigenvalue weighted by Gasteiger charge is -2.21. The Hall–Kier alpha value is -1.11. The van der Waals surface area contributed by atoms with Crippen LogP contribution in [0.3, 0.4) is 0 Å². The van der Waals surface area contributed by atoms with E-state index < -0.39 is 37.4 Å². The van der Waals surface area contributed by atoms with E-state index in [2.05, 4.69) is 11.3 Å². The summed E-state index contributed by atoms with van der Waals surface area (Å²) in [7, 11) is 0. The molecule has 94 valence electrons. The number of esters is 1. The van der Waals surface area contributed by atoms with E-state index >= 15 is 0 Å². The first-order valence-electron chi connectivity index (χ1n) is 4.38. The predicted octanol–water partition coefficient (Wildman–Crippen LogP) is 2.11. The standard InChI is InChI=1S/C9H12F4O3/c1-6(2)7(14)16-5-3-4-8(10,15)9(11,12)13/h15H,1,3-5H2,2H3. The van der Waals surface area contributed by atoms with Crippen LogP contribution in [0, 0.1) is 0 Å². The first kappa shape index (κ1) is 14.9. The zero-order valence-corrected chi connectivity index (χ0v) is 8.60. The molecule has 0 spiro atoms. The molecule has 0 heterocycles. The maximum Gasteiger partial charge on any atom is 0.448 e. The van der Waals surface area contributed by atoms with Crippen molar-refractivity contribution in [3.05, 3.63) is 12.2 Å². The monoisotopic (exact) mass is 244 g/mol. The molecule has 0 amide bonds. The minimum absolute atomic E-state index is 0.0892.